The fraction of sp³-hybridized carbons (Fsp3) is 0.235. The number of aryl methyl sites for hydroxylation is 1. The molecule has 3 nitrogen and oxygen atoms in total. The van der Waals surface area contributed by atoms with E-state index in [1.165, 1.54) is 0 Å². The van der Waals surface area contributed by atoms with Crippen LogP contribution in [-0.4, -0.2) is 6.04 Å². The Kier molecular flexibility index (Phi) is 4.39. The van der Waals surface area contributed by atoms with Gasteiger partial charge in [0.15, 0.2) is 0 Å². The van der Waals surface area contributed by atoms with Gasteiger partial charge in [0.1, 0.15) is 17.9 Å². The van der Waals surface area contributed by atoms with Gasteiger partial charge >= 0.3 is 0 Å². The minimum absolute atomic E-state index is 0.177. The highest BCUT2D eigenvalue weighted by Crippen LogP contribution is 2.27. The van der Waals surface area contributed by atoms with Crippen LogP contribution in [0.2, 0.25) is 0 Å². The first-order chi connectivity index (χ1) is 9.61. The van der Waals surface area contributed by atoms with Crippen LogP contribution in [0, 0.1) is 18.3 Å². The van der Waals surface area contributed by atoms with E-state index in [9.17, 15) is 0 Å². The Balaban J connectivity index is 2.34. The van der Waals surface area contributed by atoms with Crippen molar-refractivity contribution in [3.05, 3.63) is 65.2 Å². The van der Waals surface area contributed by atoms with Gasteiger partial charge in [0.25, 0.3) is 0 Å². The third-order valence-corrected chi connectivity index (χ3v) is 3.11. The molecule has 0 saturated heterocycles. The molecule has 2 N–H and O–H groups in total. The summed E-state index contributed by atoms with van der Waals surface area (Å²) in [6.45, 7) is 3.94. The quantitative estimate of drug-likeness (QED) is 0.923. The molecular weight excluding hydrogens is 248 g/mol. The molecule has 0 radical (unpaired) electrons. The summed E-state index contributed by atoms with van der Waals surface area (Å²) in [6.07, 6.45) is -0.274. The van der Waals surface area contributed by atoms with Crippen LogP contribution < -0.4 is 10.5 Å². The lowest BCUT2D eigenvalue weighted by molar-refractivity contribution is 0.180. The molecule has 3 heteroatoms. The van der Waals surface area contributed by atoms with E-state index < -0.39 is 0 Å². The van der Waals surface area contributed by atoms with E-state index in [0.717, 1.165) is 11.1 Å². The molecule has 0 aliphatic carbocycles. The monoisotopic (exact) mass is 266 g/mol. The van der Waals surface area contributed by atoms with Crippen LogP contribution in [0.5, 0.6) is 5.75 Å². The van der Waals surface area contributed by atoms with Gasteiger partial charge in [-0.2, -0.15) is 5.26 Å². The number of hydrogen-bond donors (Lipinski definition) is 1. The molecule has 2 atom stereocenters. The molecule has 0 spiro atoms. The number of benzene rings is 2. The van der Waals surface area contributed by atoms with E-state index in [1.54, 1.807) is 12.1 Å². The molecule has 0 fully saturated rings. The average molecular weight is 266 g/mol. The molecule has 0 saturated carbocycles. The number of para-hydroxylation sites is 1. The Morgan fingerprint density at radius 2 is 1.90 bits per heavy atom. The predicted molar refractivity (Wildman–Crippen MR) is 79.4 cm³/mol. The number of nitrogens with zero attached hydrogens (tertiary/aromatic N) is 1. The Bertz CT molecular complexity index is 629. The van der Waals surface area contributed by atoms with Crippen molar-refractivity contribution < 1.29 is 4.74 Å². The van der Waals surface area contributed by atoms with Gasteiger partial charge in [0, 0.05) is 6.04 Å². The first-order valence-electron chi connectivity index (χ1n) is 6.59. The molecule has 0 heterocycles. The Morgan fingerprint density at radius 1 is 1.15 bits per heavy atom. The molecular formula is C17H18N2O. The van der Waals surface area contributed by atoms with Gasteiger partial charge in [0.2, 0.25) is 0 Å². The van der Waals surface area contributed by atoms with Crippen molar-refractivity contribution in [3.63, 3.8) is 0 Å². The van der Waals surface area contributed by atoms with E-state index in [4.69, 9.17) is 15.7 Å². The first kappa shape index (κ1) is 14.1. The van der Waals surface area contributed by atoms with Crippen LogP contribution >= 0.6 is 0 Å². The molecule has 20 heavy (non-hydrogen) atoms. The second kappa shape index (κ2) is 6.23. The van der Waals surface area contributed by atoms with Crippen molar-refractivity contribution in [1.82, 2.24) is 0 Å². The van der Waals surface area contributed by atoms with Crippen molar-refractivity contribution in [2.24, 2.45) is 5.73 Å². The highest BCUT2D eigenvalue weighted by Gasteiger charge is 2.19. The minimum Gasteiger partial charge on any atom is -0.483 e. The molecule has 0 aromatic heterocycles. The zero-order chi connectivity index (χ0) is 14.5. The predicted octanol–water partition coefficient (Wildman–Crippen LogP) is 3.33. The van der Waals surface area contributed by atoms with Gasteiger partial charge in [-0.3, -0.25) is 0 Å². The number of nitrogens with two attached hydrogens (primary N) is 1. The van der Waals surface area contributed by atoms with E-state index in [1.807, 2.05) is 44.2 Å². The number of rotatable bonds is 4. The van der Waals surface area contributed by atoms with Crippen LogP contribution in [-0.2, 0) is 0 Å². The third kappa shape index (κ3) is 3.17. The molecule has 0 amide bonds. The summed E-state index contributed by atoms with van der Waals surface area (Å²) in [4.78, 5) is 0. The summed E-state index contributed by atoms with van der Waals surface area (Å²) in [5, 5.41) is 9.12. The summed E-state index contributed by atoms with van der Waals surface area (Å²) >= 11 is 0. The molecule has 2 aromatic carbocycles. The fourth-order valence-corrected chi connectivity index (χ4v) is 2.12. The Morgan fingerprint density at radius 3 is 2.55 bits per heavy atom. The van der Waals surface area contributed by atoms with Gasteiger partial charge < -0.3 is 10.5 Å². The lowest BCUT2D eigenvalue weighted by Gasteiger charge is -2.23. The van der Waals surface area contributed by atoms with Gasteiger partial charge in [-0.25, -0.2) is 0 Å². The van der Waals surface area contributed by atoms with E-state index in [0.29, 0.717) is 11.3 Å². The fourth-order valence-electron chi connectivity index (χ4n) is 2.12. The normalized spacial score (nSPS) is 13.3. The minimum atomic E-state index is -0.274. The average Bonchev–Trinajstić information content (AvgIpc) is 2.44. The van der Waals surface area contributed by atoms with Crippen LogP contribution in [0.1, 0.15) is 29.7 Å². The maximum Gasteiger partial charge on any atom is 0.139 e. The van der Waals surface area contributed by atoms with Crippen molar-refractivity contribution in [1.29, 1.82) is 5.26 Å². The number of hydrogen-bond acceptors (Lipinski definition) is 3. The standard InChI is InChI=1S/C17H18N2O/c1-12-6-5-8-14(10-12)17(13(2)19)20-16-9-4-3-7-15(16)11-18/h3-10,13,17H,19H2,1-2H3. The molecule has 0 aliphatic heterocycles. The van der Waals surface area contributed by atoms with Crippen molar-refractivity contribution in [2.75, 3.05) is 0 Å². The molecule has 2 rings (SSSR count). The topological polar surface area (TPSA) is 59.0 Å². The largest absolute Gasteiger partial charge is 0.483 e. The van der Waals surface area contributed by atoms with Crippen molar-refractivity contribution in [2.45, 2.75) is 26.0 Å². The molecule has 2 unspecified atom stereocenters. The number of ether oxygens (including phenoxy) is 1. The van der Waals surface area contributed by atoms with Crippen molar-refractivity contribution in [3.8, 4) is 11.8 Å². The van der Waals surface area contributed by atoms with Crippen LogP contribution in [0.25, 0.3) is 0 Å². The molecule has 0 bridgehead atoms. The molecule has 2 aromatic rings. The van der Waals surface area contributed by atoms with Gasteiger partial charge in [-0.15, -0.1) is 0 Å². The maximum atomic E-state index is 9.12. The van der Waals surface area contributed by atoms with Crippen LogP contribution in [0.4, 0.5) is 0 Å². The zero-order valence-corrected chi connectivity index (χ0v) is 11.7. The highest BCUT2D eigenvalue weighted by molar-refractivity contribution is 5.43. The highest BCUT2D eigenvalue weighted by atomic mass is 16.5. The summed E-state index contributed by atoms with van der Waals surface area (Å²) in [5.41, 5.74) is 8.75. The Hall–Kier alpha value is -2.31. The SMILES string of the molecule is Cc1cccc(C(Oc2ccccc2C#N)C(C)N)c1. The lowest BCUT2D eigenvalue weighted by Crippen LogP contribution is -2.29. The smallest absolute Gasteiger partial charge is 0.139 e. The summed E-state index contributed by atoms with van der Waals surface area (Å²) in [5.74, 6) is 0.568. The van der Waals surface area contributed by atoms with Gasteiger partial charge in [-0.1, -0.05) is 42.0 Å². The Labute approximate surface area is 119 Å². The summed E-state index contributed by atoms with van der Waals surface area (Å²) in [6, 6.07) is 17.2. The van der Waals surface area contributed by atoms with E-state index in [2.05, 4.69) is 12.1 Å². The summed E-state index contributed by atoms with van der Waals surface area (Å²) < 4.78 is 5.99. The first-order valence-corrected chi connectivity index (χ1v) is 6.59. The van der Waals surface area contributed by atoms with Crippen molar-refractivity contribution >= 4 is 0 Å². The molecule has 0 aliphatic rings. The lowest BCUT2D eigenvalue weighted by atomic mass is 10.0. The number of nitriles is 1. The maximum absolute atomic E-state index is 9.12. The van der Waals surface area contributed by atoms with Crippen LogP contribution in [0.15, 0.2) is 48.5 Å². The third-order valence-electron chi connectivity index (χ3n) is 3.11. The second-order valence-corrected chi connectivity index (χ2v) is 4.92. The van der Waals surface area contributed by atoms with E-state index in [-0.39, 0.29) is 12.1 Å². The van der Waals surface area contributed by atoms with Gasteiger partial charge in [0.05, 0.1) is 5.56 Å². The van der Waals surface area contributed by atoms with E-state index >= 15 is 0 Å². The summed E-state index contributed by atoms with van der Waals surface area (Å²) in [7, 11) is 0. The molecule has 102 valence electrons. The second-order valence-electron chi connectivity index (χ2n) is 4.92. The van der Waals surface area contributed by atoms with Gasteiger partial charge in [-0.05, 0) is 31.5 Å². The van der Waals surface area contributed by atoms with Crippen LogP contribution in [0.3, 0.4) is 0 Å². The zero-order valence-electron chi connectivity index (χ0n) is 11.7.